The van der Waals surface area contributed by atoms with Crippen LogP contribution in [0.5, 0.6) is 0 Å². The molecule has 0 bridgehead atoms. The van der Waals surface area contributed by atoms with Crippen molar-refractivity contribution < 1.29 is 9.53 Å². The fourth-order valence-corrected chi connectivity index (χ4v) is 3.61. The van der Waals surface area contributed by atoms with E-state index in [9.17, 15) is 4.79 Å². The van der Waals surface area contributed by atoms with Gasteiger partial charge in [-0.15, -0.1) is 0 Å². The molecule has 0 aliphatic heterocycles. The maximum atomic E-state index is 11.4. The Hall–Kier alpha value is -2.09. The van der Waals surface area contributed by atoms with Crippen LogP contribution in [0.15, 0.2) is 36.4 Å². The molecular weight excluding hydrogens is 296 g/mol. The summed E-state index contributed by atoms with van der Waals surface area (Å²) in [5, 5.41) is 2.47. The molecule has 2 heteroatoms. The van der Waals surface area contributed by atoms with Crippen molar-refractivity contribution in [1.29, 1.82) is 0 Å². The molecule has 3 rings (SSSR count). The number of ether oxygens (including phenoxy) is 1. The van der Waals surface area contributed by atoms with Crippen LogP contribution in [0.3, 0.4) is 0 Å². The van der Waals surface area contributed by atoms with Gasteiger partial charge in [0.25, 0.3) is 0 Å². The van der Waals surface area contributed by atoms with Crippen molar-refractivity contribution in [3.05, 3.63) is 53.1 Å². The Morgan fingerprint density at radius 2 is 1.92 bits per heavy atom. The number of esters is 1. The molecule has 126 valence electrons. The molecule has 0 saturated carbocycles. The van der Waals surface area contributed by atoms with Crippen LogP contribution in [0.4, 0.5) is 0 Å². The van der Waals surface area contributed by atoms with Crippen LogP contribution in [0.1, 0.15) is 68.7 Å². The number of carbonyl (C=O) groups excluding carboxylic acids is 1. The number of unbranched alkanes of at least 4 members (excludes halogenated alkanes) is 4. The number of rotatable bonds is 7. The summed E-state index contributed by atoms with van der Waals surface area (Å²) in [6, 6.07) is 10.7. The van der Waals surface area contributed by atoms with E-state index in [0.717, 1.165) is 12.0 Å². The Balaban J connectivity index is 1.88. The topological polar surface area (TPSA) is 26.3 Å². The van der Waals surface area contributed by atoms with Crippen LogP contribution < -0.4 is 0 Å². The van der Waals surface area contributed by atoms with Gasteiger partial charge in [-0.05, 0) is 40.8 Å². The van der Waals surface area contributed by atoms with Gasteiger partial charge in [0.2, 0.25) is 0 Å². The molecule has 2 nitrogen and oxygen atoms in total. The lowest BCUT2D eigenvalue weighted by molar-refractivity contribution is -0.144. The van der Waals surface area contributed by atoms with Crippen LogP contribution in [0.25, 0.3) is 16.8 Å². The summed E-state index contributed by atoms with van der Waals surface area (Å²) in [5.74, 6) is -0.239. The highest BCUT2D eigenvalue weighted by atomic mass is 16.5. The molecule has 0 aromatic heterocycles. The number of benzene rings is 2. The standard InChI is InChI=1S/C22H26O2/c1-3-4-5-6-7-9-17-12-13-18-10-8-11-20-21(24-16(2)23)15-14-19(17)22(18)20/h8,10-15,21H,3-7,9H2,1-2H3. The van der Waals surface area contributed by atoms with Gasteiger partial charge in [-0.25, -0.2) is 0 Å². The number of carbonyl (C=O) groups is 1. The van der Waals surface area contributed by atoms with Gasteiger partial charge in [-0.1, -0.05) is 69.0 Å². The van der Waals surface area contributed by atoms with Crippen molar-refractivity contribution in [3.63, 3.8) is 0 Å². The molecule has 2 aromatic rings. The maximum Gasteiger partial charge on any atom is 0.303 e. The summed E-state index contributed by atoms with van der Waals surface area (Å²) >= 11 is 0. The third-order valence-electron chi connectivity index (χ3n) is 4.80. The highest BCUT2D eigenvalue weighted by Crippen LogP contribution is 2.37. The summed E-state index contributed by atoms with van der Waals surface area (Å²) in [7, 11) is 0. The highest BCUT2D eigenvalue weighted by molar-refractivity contribution is 5.96. The van der Waals surface area contributed by atoms with E-state index in [1.807, 2.05) is 12.1 Å². The van der Waals surface area contributed by atoms with Gasteiger partial charge in [-0.3, -0.25) is 4.79 Å². The second kappa shape index (κ2) is 7.65. The van der Waals surface area contributed by atoms with Crippen molar-refractivity contribution in [1.82, 2.24) is 0 Å². The van der Waals surface area contributed by atoms with Gasteiger partial charge < -0.3 is 4.74 Å². The first-order valence-electron chi connectivity index (χ1n) is 9.10. The zero-order chi connectivity index (χ0) is 16.9. The normalized spacial score (nSPS) is 15.7. The first-order valence-corrected chi connectivity index (χ1v) is 9.10. The Morgan fingerprint density at radius 3 is 2.71 bits per heavy atom. The first kappa shape index (κ1) is 16.8. The summed E-state index contributed by atoms with van der Waals surface area (Å²) in [4.78, 5) is 11.4. The summed E-state index contributed by atoms with van der Waals surface area (Å²) in [5.41, 5.74) is 3.82. The number of hydrogen-bond donors (Lipinski definition) is 0. The van der Waals surface area contributed by atoms with E-state index in [0.29, 0.717) is 0 Å². The van der Waals surface area contributed by atoms with E-state index in [1.165, 1.54) is 60.9 Å². The third-order valence-corrected chi connectivity index (χ3v) is 4.80. The van der Waals surface area contributed by atoms with Gasteiger partial charge in [0.05, 0.1) is 0 Å². The summed E-state index contributed by atoms with van der Waals surface area (Å²) < 4.78 is 5.48. The van der Waals surface area contributed by atoms with E-state index >= 15 is 0 Å². The van der Waals surface area contributed by atoms with Crippen LogP contribution in [0, 0.1) is 0 Å². The molecule has 0 N–H and O–H groups in total. The van der Waals surface area contributed by atoms with Gasteiger partial charge >= 0.3 is 5.97 Å². The molecule has 0 radical (unpaired) electrons. The van der Waals surface area contributed by atoms with E-state index in [-0.39, 0.29) is 12.1 Å². The quantitative estimate of drug-likeness (QED) is 0.463. The number of aryl methyl sites for hydroxylation is 1. The van der Waals surface area contributed by atoms with Crippen molar-refractivity contribution in [2.24, 2.45) is 0 Å². The third kappa shape index (κ3) is 3.53. The van der Waals surface area contributed by atoms with E-state index in [2.05, 4.69) is 37.3 Å². The summed E-state index contributed by atoms with van der Waals surface area (Å²) in [6.45, 7) is 3.72. The predicted octanol–water partition coefficient (Wildman–Crippen LogP) is 5.98. The lowest BCUT2D eigenvalue weighted by atomic mass is 9.87. The van der Waals surface area contributed by atoms with Crippen molar-refractivity contribution in [3.8, 4) is 0 Å². The second-order valence-corrected chi connectivity index (χ2v) is 6.64. The minimum atomic E-state index is -0.265. The lowest BCUT2D eigenvalue weighted by Gasteiger charge is -2.23. The lowest BCUT2D eigenvalue weighted by Crippen LogP contribution is -2.10. The molecule has 1 aliphatic carbocycles. The van der Waals surface area contributed by atoms with Crippen LogP contribution in [-0.4, -0.2) is 5.97 Å². The first-order chi connectivity index (χ1) is 11.7. The average molecular weight is 322 g/mol. The highest BCUT2D eigenvalue weighted by Gasteiger charge is 2.21. The van der Waals surface area contributed by atoms with Crippen LogP contribution in [0.2, 0.25) is 0 Å². The molecule has 1 atom stereocenters. The molecule has 0 spiro atoms. The molecule has 0 fully saturated rings. The zero-order valence-electron chi connectivity index (χ0n) is 14.7. The SMILES string of the molecule is CCCCCCCc1ccc2cccc3c2c1C=CC3OC(C)=O. The van der Waals surface area contributed by atoms with Crippen LogP contribution in [-0.2, 0) is 16.0 Å². The summed E-state index contributed by atoms with van der Waals surface area (Å²) in [6.07, 6.45) is 11.5. The van der Waals surface area contributed by atoms with E-state index in [4.69, 9.17) is 4.74 Å². The molecule has 0 saturated heterocycles. The van der Waals surface area contributed by atoms with E-state index in [1.54, 1.807) is 0 Å². The molecule has 24 heavy (non-hydrogen) atoms. The zero-order valence-corrected chi connectivity index (χ0v) is 14.7. The minimum Gasteiger partial charge on any atom is -0.453 e. The molecule has 0 heterocycles. The average Bonchev–Trinajstić information content (AvgIpc) is 2.58. The largest absolute Gasteiger partial charge is 0.453 e. The van der Waals surface area contributed by atoms with E-state index < -0.39 is 0 Å². The molecule has 2 aromatic carbocycles. The molecule has 1 unspecified atom stereocenters. The van der Waals surface area contributed by atoms with Gasteiger partial charge in [0, 0.05) is 12.5 Å². The fourth-order valence-electron chi connectivity index (χ4n) is 3.61. The van der Waals surface area contributed by atoms with Crippen molar-refractivity contribution in [2.75, 3.05) is 0 Å². The number of hydrogen-bond acceptors (Lipinski definition) is 2. The fraction of sp³-hybridized carbons (Fsp3) is 0.409. The monoisotopic (exact) mass is 322 g/mol. The molecule has 1 aliphatic rings. The molecule has 0 amide bonds. The Morgan fingerprint density at radius 1 is 1.08 bits per heavy atom. The maximum absolute atomic E-state index is 11.4. The Bertz CT molecular complexity index is 758. The van der Waals surface area contributed by atoms with Crippen molar-refractivity contribution >= 4 is 22.8 Å². The van der Waals surface area contributed by atoms with Crippen LogP contribution >= 0.6 is 0 Å². The van der Waals surface area contributed by atoms with Gasteiger partial charge in [-0.2, -0.15) is 0 Å². The van der Waals surface area contributed by atoms with Gasteiger partial charge in [0.15, 0.2) is 0 Å². The Labute approximate surface area is 144 Å². The Kier molecular flexibility index (Phi) is 5.34. The second-order valence-electron chi connectivity index (χ2n) is 6.64. The van der Waals surface area contributed by atoms with Crippen molar-refractivity contribution in [2.45, 2.75) is 58.5 Å². The molecular formula is C22H26O2. The minimum absolute atomic E-state index is 0.239. The smallest absolute Gasteiger partial charge is 0.303 e. The van der Waals surface area contributed by atoms with Gasteiger partial charge in [0.1, 0.15) is 6.10 Å². The predicted molar refractivity (Wildman–Crippen MR) is 100.0 cm³/mol.